The van der Waals surface area contributed by atoms with Crippen LogP contribution in [0.5, 0.6) is 0 Å². The van der Waals surface area contributed by atoms with Crippen molar-refractivity contribution in [1.29, 1.82) is 0 Å². The fraction of sp³-hybridized carbons (Fsp3) is 0.500. The molecule has 0 aromatic carbocycles. The molecule has 106 valence electrons. The average Bonchev–Trinajstić information content (AvgIpc) is 2.92. The molecule has 2 aromatic rings. The molecular weight excluding hydrogens is 258 g/mol. The summed E-state index contributed by atoms with van der Waals surface area (Å²) in [6.45, 7) is 3.60. The molecule has 8 nitrogen and oxygen atoms in total. The molecule has 20 heavy (non-hydrogen) atoms. The molecule has 0 amide bonds. The predicted octanol–water partition coefficient (Wildman–Crippen LogP) is 0.620. The molecule has 1 fully saturated rings. The van der Waals surface area contributed by atoms with Crippen LogP contribution in [0.15, 0.2) is 18.7 Å². The number of nitrogen functional groups attached to an aromatic ring is 1. The van der Waals surface area contributed by atoms with E-state index in [1.165, 1.54) is 0 Å². The molecule has 3 rings (SSSR count). The first-order chi connectivity index (χ1) is 9.65. The first-order valence-electron chi connectivity index (χ1n) is 6.50. The molecule has 0 radical (unpaired) electrons. The highest BCUT2D eigenvalue weighted by Crippen LogP contribution is 2.24. The molecular formula is C12H17N7O. The highest BCUT2D eigenvalue weighted by atomic mass is 16.5. The van der Waals surface area contributed by atoms with Gasteiger partial charge in [0.15, 0.2) is 0 Å². The lowest BCUT2D eigenvalue weighted by atomic mass is 9.93. The molecule has 0 saturated carbocycles. The minimum Gasteiger partial charge on any atom is -0.381 e. The van der Waals surface area contributed by atoms with Crippen LogP contribution in [0.4, 0.5) is 11.9 Å². The summed E-state index contributed by atoms with van der Waals surface area (Å²) in [5.74, 6) is 1.11. The van der Waals surface area contributed by atoms with Crippen molar-refractivity contribution in [3.63, 3.8) is 0 Å². The van der Waals surface area contributed by atoms with Crippen molar-refractivity contribution in [3.8, 4) is 5.95 Å². The quantitative estimate of drug-likeness (QED) is 0.846. The molecule has 0 unspecified atom stereocenters. The second kappa shape index (κ2) is 5.04. The Hall–Kier alpha value is -2.22. The van der Waals surface area contributed by atoms with Crippen molar-refractivity contribution in [2.45, 2.75) is 25.3 Å². The Morgan fingerprint density at radius 1 is 1.30 bits per heavy atom. The van der Waals surface area contributed by atoms with Crippen molar-refractivity contribution in [2.24, 2.45) is 0 Å². The third-order valence-corrected chi connectivity index (χ3v) is 3.39. The van der Waals surface area contributed by atoms with E-state index in [0.717, 1.165) is 26.1 Å². The number of nitrogens with one attached hydrogen (secondary N) is 1. The van der Waals surface area contributed by atoms with E-state index in [1.807, 2.05) is 0 Å². The molecule has 3 N–H and O–H groups in total. The zero-order chi connectivity index (χ0) is 14.0. The van der Waals surface area contributed by atoms with Crippen LogP contribution in [0.2, 0.25) is 0 Å². The second-order valence-electron chi connectivity index (χ2n) is 5.09. The van der Waals surface area contributed by atoms with Gasteiger partial charge in [-0.25, -0.2) is 4.98 Å². The summed E-state index contributed by atoms with van der Waals surface area (Å²) >= 11 is 0. The largest absolute Gasteiger partial charge is 0.381 e. The van der Waals surface area contributed by atoms with E-state index in [4.69, 9.17) is 10.5 Å². The highest BCUT2D eigenvalue weighted by Gasteiger charge is 2.28. The zero-order valence-electron chi connectivity index (χ0n) is 11.3. The molecule has 0 spiro atoms. The van der Waals surface area contributed by atoms with Crippen LogP contribution < -0.4 is 11.1 Å². The molecule has 1 aliphatic heterocycles. The summed E-state index contributed by atoms with van der Waals surface area (Å²) in [6, 6.07) is 0. The van der Waals surface area contributed by atoms with E-state index in [2.05, 4.69) is 32.2 Å². The predicted molar refractivity (Wildman–Crippen MR) is 73.4 cm³/mol. The van der Waals surface area contributed by atoms with Gasteiger partial charge < -0.3 is 15.8 Å². The third-order valence-electron chi connectivity index (χ3n) is 3.39. The van der Waals surface area contributed by atoms with E-state index >= 15 is 0 Å². The number of imidazole rings is 1. The maximum Gasteiger partial charge on any atom is 0.241 e. The van der Waals surface area contributed by atoms with Crippen molar-refractivity contribution in [3.05, 3.63) is 18.7 Å². The fourth-order valence-corrected chi connectivity index (χ4v) is 2.15. The number of hydrogen-bond donors (Lipinski definition) is 2. The summed E-state index contributed by atoms with van der Waals surface area (Å²) in [6.07, 6.45) is 6.84. The van der Waals surface area contributed by atoms with Gasteiger partial charge in [0.1, 0.15) is 6.33 Å². The highest BCUT2D eigenvalue weighted by molar-refractivity contribution is 5.37. The first kappa shape index (κ1) is 12.8. The smallest absolute Gasteiger partial charge is 0.241 e. The minimum absolute atomic E-state index is 0.0851. The van der Waals surface area contributed by atoms with Crippen LogP contribution in [-0.4, -0.2) is 43.3 Å². The van der Waals surface area contributed by atoms with Crippen LogP contribution >= 0.6 is 0 Å². The number of hydrogen-bond acceptors (Lipinski definition) is 7. The number of nitrogens with zero attached hydrogens (tertiary/aromatic N) is 5. The lowest BCUT2D eigenvalue weighted by Gasteiger charge is -2.34. The van der Waals surface area contributed by atoms with Crippen LogP contribution in [0.3, 0.4) is 0 Å². The molecule has 8 heteroatoms. The van der Waals surface area contributed by atoms with Crippen LogP contribution in [-0.2, 0) is 4.74 Å². The maximum atomic E-state index is 5.75. The average molecular weight is 275 g/mol. The topological polar surface area (TPSA) is 104 Å². The summed E-state index contributed by atoms with van der Waals surface area (Å²) in [7, 11) is 0. The van der Waals surface area contributed by atoms with E-state index in [1.54, 1.807) is 23.3 Å². The van der Waals surface area contributed by atoms with E-state index in [-0.39, 0.29) is 11.5 Å². The van der Waals surface area contributed by atoms with Crippen molar-refractivity contribution < 1.29 is 4.74 Å². The molecule has 0 aliphatic carbocycles. The van der Waals surface area contributed by atoms with Gasteiger partial charge in [0.2, 0.25) is 17.8 Å². The first-order valence-corrected chi connectivity index (χ1v) is 6.50. The normalized spacial score (nSPS) is 17.9. The van der Waals surface area contributed by atoms with Gasteiger partial charge in [0.05, 0.1) is 0 Å². The second-order valence-corrected chi connectivity index (χ2v) is 5.09. The van der Waals surface area contributed by atoms with E-state index in [0.29, 0.717) is 11.9 Å². The van der Waals surface area contributed by atoms with Crippen LogP contribution in [0, 0.1) is 0 Å². The van der Waals surface area contributed by atoms with Gasteiger partial charge in [-0.05, 0) is 19.8 Å². The summed E-state index contributed by atoms with van der Waals surface area (Å²) < 4.78 is 7.07. The Morgan fingerprint density at radius 2 is 2.10 bits per heavy atom. The van der Waals surface area contributed by atoms with Crippen molar-refractivity contribution >= 4 is 11.9 Å². The standard InChI is InChI=1S/C12H17N7O/c1-12(2-6-20-7-3-12)18-10-15-9(13)16-11(17-10)19-5-4-14-8-19/h4-5,8H,2-3,6-7H2,1H3,(H3,13,15,16,17,18). The molecule has 1 aliphatic rings. The van der Waals surface area contributed by atoms with Gasteiger partial charge in [-0.2, -0.15) is 15.0 Å². The Morgan fingerprint density at radius 3 is 2.80 bits per heavy atom. The summed E-state index contributed by atoms with van der Waals surface area (Å²) in [5, 5.41) is 3.34. The van der Waals surface area contributed by atoms with Gasteiger partial charge in [-0.15, -0.1) is 0 Å². The number of aromatic nitrogens is 5. The number of nitrogens with two attached hydrogens (primary N) is 1. The van der Waals surface area contributed by atoms with Crippen LogP contribution in [0.25, 0.3) is 5.95 Å². The summed E-state index contributed by atoms with van der Waals surface area (Å²) in [4.78, 5) is 16.6. The fourth-order valence-electron chi connectivity index (χ4n) is 2.15. The molecule has 3 heterocycles. The zero-order valence-corrected chi connectivity index (χ0v) is 11.3. The third kappa shape index (κ3) is 2.69. The SMILES string of the molecule is CC1(Nc2nc(N)nc(-n3ccnc3)n2)CCOCC1. The molecule has 0 atom stereocenters. The van der Waals surface area contributed by atoms with Crippen molar-refractivity contribution in [2.75, 3.05) is 24.3 Å². The molecule has 1 saturated heterocycles. The molecule has 2 aromatic heterocycles. The lowest BCUT2D eigenvalue weighted by Crippen LogP contribution is -2.41. The minimum atomic E-state index is -0.0851. The van der Waals surface area contributed by atoms with Gasteiger partial charge in [-0.1, -0.05) is 0 Å². The lowest BCUT2D eigenvalue weighted by molar-refractivity contribution is 0.0656. The summed E-state index contributed by atoms with van der Waals surface area (Å²) in [5.41, 5.74) is 5.67. The van der Waals surface area contributed by atoms with Gasteiger partial charge >= 0.3 is 0 Å². The van der Waals surface area contributed by atoms with E-state index < -0.39 is 0 Å². The van der Waals surface area contributed by atoms with Gasteiger partial charge in [-0.3, -0.25) is 4.57 Å². The Bertz CT molecular complexity index is 577. The van der Waals surface area contributed by atoms with E-state index in [9.17, 15) is 0 Å². The number of ether oxygens (including phenoxy) is 1. The Balaban J connectivity index is 1.86. The van der Waals surface area contributed by atoms with Crippen LogP contribution in [0.1, 0.15) is 19.8 Å². The molecule has 0 bridgehead atoms. The number of rotatable bonds is 3. The Kier molecular flexibility index (Phi) is 3.23. The van der Waals surface area contributed by atoms with Gasteiger partial charge in [0, 0.05) is 31.1 Å². The maximum absolute atomic E-state index is 5.75. The Labute approximate surface area is 116 Å². The number of anilines is 2. The van der Waals surface area contributed by atoms with Crippen molar-refractivity contribution in [1.82, 2.24) is 24.5 Å². The monoisotopic (exact) mass is 275 g/mol. The van der Waals surface area contributed by atoms with Gasteiger partial charge in [0.25, 0.3) is 0 Å².